The Morgan fingerprint density at radius 3 is 2.52 bits per heavy atom. The van der Waals surface area contributed by atoms with E-state index in [9.17, 15) is 4.79 Å². The predicted molar refractivity (Wildman–Crippen MR) is 98.8 cm³/mol. The first-order valence-corrected chi connectivity index (χ1v) is 9.90. The second kappa shape index (κ2) is 6.46. The van der Waals surface area contributed by atoms with Gasteiger partial charge in [-0.15, -0.1) is 0 Å². The molecule has 1 saturated carbocycles. The van der Waals surface area contributed by atoms with E-state index in [4.69, 9.17) is 11.6 Å². The number of halogens is 2. The number of amides is 1. The molecule has 3 nitrogen and oxygen atoms in total. The highest BCUT2D eigenvalue weighted by Crippen LogP contribution is 2.51. The van der Waals surface area contributed by atoms with E-state index in [1.165, 1.54) is 12.8 Å². The van der Waals surface area contributed by atoms with Crippen molar-refractivity contribution in [2.24, 2.45) is 5.92 Å². The highest BCUT2D eigenvalue weighted by Gasteiger charge is 2.50. The van der Waals surface area contributed by atoms with Crippen LogP contribution in [0.15, 0.2) is 18.2 Å². The molecular formula is C20H26ClFN2O. The summed E-state index contributed by atoms with van der Waals surface area (Å²) in [5, 5.41) is 0.623. The van der Waals surface area contributed by atoms with Crippen LogP contribution in [0.3, 0.4) is 0 Å². The molecule has 0 N–H and O–H groups in total. The van der Waals surface area contributed by atoms with Crippen molar-refractivity contribution in [3.05, 3.63) is 28.8 Å². The van der Waals surface area contributed by atoms with Crippen molar-refractivity contribution in [1.82, 2.24) is 4.90 Å². The van der Waals surface area contributed by atoms with Crippen LogP contribution in [0.25, 0.3) is 0 Å². The van der Waals surface area contributed by atoms with Crippen LogP contribution in [-0.4, -0.2) is 36.5 Å². The lowest BCUT2D eigenvalue weighted by molar-refractivity contribution is -0.144. The van der Waals surface area contributed by atoms with Crippen LogP contribution in [0.1, 0.15) is 51.0 Å². The van der Waals surface area contributed by atoms with Crippen LogP contribution in [0, 0.1) is 5.92 Å². The predicted octanol–water partition coefficient (Wildman–Crippen LogP) is 4.53. The summed E-state index contributed by atoms with van der Waals surface area (Å²) in [6, 6.07) is 6.08. The van der Waals surface area contributed by atoms with Crippen molar-refractivity contribution in [2.75, 3.05) is 24.5 Å². The molecule has 2 aliphatic heterocycles. The van der Waals surface area contributed by atoms with Crippen LogP contribution in [0.2, 0.25) is 5.02 Å². The van der Waals surface area contributed by atoms with E-state index in [2.05, 4.69) is 11.8 Å². The molecule has 1 aromatic rings. The zero-order chi connectivity index (χ0) is 17.6. The van der Waals surface area contributed by atoms with Gasteiger partial charge in [-0.25, -0.2) is 4.39 Å². The van der Waals surface area contributed by atoms with E-state index in [0.29, 0.717) is 16.6 Å². The van der Waals surface area contributed by atoms with E-state index in [0.717, 1.165) is 38.2 Å². The smallest absolute Gasteiger partial charge is 0.225 e. The van der Waals surface area contributed by atoms with Crippen molar-refractivity contribution in [2.45, 2.75) is 57.2 Å². The maximum absolute atomic E-state index is 15.3. The van der Waals surface area contributed by atoms with Crippen LogP contribution in [0.5, 0.6) is 0 Å². The minimum Gasteiger partial charge on any atom is -0.368 e. The average Bonchev–Trinajstić information content (AvgIpc) is 3.23. The molecule has 0 radical (unpaired) electrons. The molecular weight excluding hydrogens is 339 g/mol. The van der Waals surface area contributed by atoms with Gasteiger partial charge in [0.25, 0.3) is 0 Å². The molecule has 3 aliphatic rings. The maximum Gasteiger partial charge on any atom is 0.225 e. The maximum atomic E-state index is 15.3. The number of anilines is 1. The second-order valence-corrected chi connectivity index (χ2v) is 8.36. The lowest BCUT2D eigenvalue weighted by atomic mass is 9.68. The van der Waals surface area contributed by atoms with Crippen molar-refractivity contribution in [1.29, 1.82) is 0 Å². The molecule has 2 heterocycles. The minimum absolute atomic E-state index is 0.138. The summed E-state index contributed by atoms with van der Waals surface area (Å²) in [5.41, 5.74) is 0.223. The molecule has 1 aromatic carbocycles. The molecule has 1 amide bonds. The number of nitrogens with zero attached hydrogens (tertiary/aromatic N) is 2. The molecule has 0 aromatic heterocycles. The summed E-state index contributed by atoms with van der Waals surface area (Å²) in [6.07, 6.45) is 5.07. The van der Waals surface area contributed by atoms with E-state index < -0.39 is 5.67 Å². The topological polar surface area (TPSA) is 23.6 Å². The minimum atomic E-state index is -1.40. The molecule has 1 aliphatic carbocycles. The first kappa shape index (κ1) is 17.1. The molecule has 4 rings (SSSR count). The van der Waals surface area contributed by atoms with Gasteiger partial charge in [-0.05, 0) is 63.1 Å². The lowest BCUT2D eigenvalue weighted by Crippen LogP contribution is -2.46. The van der Waals surface area contributed by atoms with Gasteiger partial charge in [0.1, 0.15) is 5.67 Å². The number of rotatable bonds is 3. The van der Waals surface area contributed by atoms with Gasteiger partial charge in [-0.3, -0.25) is 4.79 Å². The van der Waals surface area contributed by atoms with Crippen molar-refractivity contribution in [3.63, 3.8) is 0 Å². The normalized spacial score (nSPS) is 32.1. The summed E-state index contributed by atoms with van der Waals surface area (Å²) in [6.45, 7) is 4.88. The highest BCUT2D eigenvalue weighted by atomic mass is 35.5. The van der Waals surface area contributed by atoms with Gasteiger partial charge < -0.3 is 9.80 Å². The fraction of sp³-hybridized carbons (Fsp3) is 0.650. The second-order valence-electron chi connectivity index (χ2n) is 7.95. The fourth-order valence-electron chi connectivity index (χ4n) is 4.64. The molecule has 0 spiro atoms. The van der Waals surface area contributed by atoms with Gasteiger partial charge in [0, 0.05) is 31.6 Å². The van der Waals surface area contributed by atoms with Gasteiger partial charge >= 0.3 is 0 Å². The van der Waals surface area contributed by atoms with Crippen LogP contribution < -0.4 is 4.90 Å². The highest BCUT2D eigenvalue weighted by molar-refractivity contribution is 6.33. The molecule has 25 heavy (non-hydrogen) atoms. The number of carbonyl (C=O) groups is 1. The van der Waals surface area contributed by atoms with E-state index >= 15 is 4.39 Å². The number of alkyl halides is 1. The first-order chi connectivity index (χ1) is 12.0. The zero-order valence-electron chi connectivity index (χ0n) is 14.8. The van der Waals surface area contributed by atoms with Gasteiger partial charge in [0.2, 0.25) is 5.91 Å². The molecule has 2 saturated heterocycles. The van der Waals surface area contributed by atoms with Crippen LogP contribution >= 0.6 is 11.6 Å². The Labute approximate surface area is 154 Å². The lowest BCUT2D eigenvalue weighted by Gasteiger charge is -2.42. The number of hydrogen-bond donors (Lipinski definition) is 0. The summed E-state index contributed by atoms with van der Waals surface area (Å²) in [7, 11) is 0. The summed E-state index contributed by atoms with van der Waals surface area (Å²) >= 11 is 6.48. The zero-order valence-corrected chi connectivity index (χ0v) is 15.6. The Bertz CT molecular complexity index is 668. The standard InChI is InChI=1S/C20H26ClFN2O/c1-14-5-4-10-24(14)18-7-6-16(11-17(18)21)20(22)12-15(13-20)19(25)23-8-2-3-9-23/h6-7,11,14-15H,2-5,8-10,12-13H2,1H3/t14-,15?,20?/m1/s1. The van der Waals surface area contributed by atoms with Crippen LogP contribution in [0.4, 0.5) is 10.1 Å². The van der Waals surface area contributed by atoms with E-state index in [-0.39, 0.29) is 24.7 Å². The van der Waals surface area contributed by atoms with Gasteiger partial charge in [0.15, 0.2) is 0 Å². The SMILES string of the molecule is C[C@@H]1CCCN1c1ccc(C2(F)CC(C(=O)N3CCCC3)C2)cc1Cl. The molecule has 0 bridgehead atoms. The Hall–Kier alpha value is -1.29. The van der Waals surface area contributed by atoms with Gasteiger partial charge in [-0.1, -0.05) is 17.7 Å². The number of hydrogen-bond acceptors (Lipinski definition) is 2. The molecule has 0 unspecified atom stereocenters. The Balaban J connectivity index is 1.45. The first-order valence-electron chi connectivity index (χ1n) is 9.52. The third kappa shape index (κ3) is 3.03. The van der Waals surface area contributed by atoms with E-state index in [1.54, 1.807) is 6.07 Å². The van der Waals surface area contributed by atoms with Crippen LogP contribution in [-0.2, 0) is 10.5 Å². The molecule has 136 valence electrons. The Morgan fingerprint density at radius 1 is 1.20 bits per heavy atom. The number of carbonyl (C=O) groups excluding carboxylic acids is 1. The third-order valence-electron chi connectivity index (χ3n) is 6.23. The van der Waals surface area contributed by atoms with Crippen molar-refractivity contribution in [3.8, 4) is 0 Å². The molecule has 3 fully saturated rings. The van der Waals surface area contributed by atoms with Crippen molar-refractivity contribution < 1.29 is 9.18 Å². The van der Waals surface area contributed by atoms with E-state index in [1.807, 2.05) is 17.0 Å². The third-order valence-corrected chi connectivity index (χ3v) is 6.54. The fourth-order valence-corrected chi connectivity index (χ4v) is 4.93. The Morgan fingerprint density at radius 2 is 1.92 bits per heavy atom. The molecule has 5 heteroatoms. The summed E-state index contributed by atoms with van der Waals surface area (Å²) < 4.78 is 15.3. The number of benzene rings is 1. The van der Waals surface area contributed by atoms with Gasteiger partial charge in [0.05, 0.1) is 10.7 Å². The van der Waals surface area contributed by atoms with Crippen molar-refractivity contribution >= 4 is 23.2 Å². The quantitative estimate of drug-likeness (QED) is 0.786. The summed E-state index contributed by atoms with van der Waals surface area (Å²) in [5.74, 6) is -0.0282. The monoisotopic (exact) mass is 364 g/mol. The Kier molecular flexibility index (Phi) is 4.43. The summed E-state index contributed by atoms with van der Waals surface area (Å²) in [4.78, 5) is 16.6. The molecule has 1 atom stereocenters. The number of likely N-dealkylation sites (tertiary alicyclic amines) is 1. The largest absolute Gasteiger partial charge is 0.368 e. The van der Waals surface area contributed by atoms with Gasteiger partial charge in [-0.2, -0.15) is 0 Å². The average molecular weight is 365 g/mol.